The minimum Gasteiger partial charge on any atom is -0.468 e. The molecule has 0 bridgehead atoms. The molecule has 2 N–H and O–H groups in total. The molecule has 162 valence electrons. The Morgan fingerprint density at radius 1 is 1.31 bits per heavy atom. The van der Waals surface area contributed by atoms with Crippen molar-refractivity contribution in [2.75, 3.05) is 20.2 Å². The van der Waals surface area contributed by atoms with Gasteiger partial charge in [-0.25, -0.2) is 4.98 Å². The molecule has 1 aliphatic rings. The van der Waals surface area contributed by atoms with Gasteiger partial charge in [0.2, 0.25) is 5.91 Å². The number of aryl methyl sites for hydroxylation is 1. The number of nitrogens with two attached hydrogens (primary N) is 1. The van der Waals surface area contributed by atoms with Gasteiger partial charge in [0, 0.05) is 32.3 Å². The third kappa shape index (κ3) is 6.04. The van der Waals surface area contributed by atoms with Gasteiger partial charge >= 0.3 is 5.97 Å². The molecule has 0 aliphatic carbocycles. The molecule has 1 atom stereocenters. The first-order chi connectivity index (χ1) is 13.0. The molecule has 1 aliphatic heterocycles. The average Bonchev–Trinajstić information content (AvgIpc) is 3.01. The number of hydrogen-bond donors (Lipinski definition) is 1. The van der Waals surface area contributed by atoms with Crippen molar-refractivity contribution in [3.8, 4) is 0 Å². The molecule has 0 radical (unpaired) electrons. The van der Waals surface area contributed by atoms with Crippen LogP contribution in [-0.4, -0.2) is 57.6 Å². The minimum absolute atomic E-state index is 0. The molecule has 3 rings (SSSR count). The molecule has 29 heavy (non-hydrogen) atoms. The number of halogens is 2. The van der Waals surface area contributed by atoms with Crippen molar-refractivity contribution in [1.29, 1.82) is 0 Å². The standard InChI is InChI=1S/C19H27N5O3.2ClH/c1-13-22-16-11-21-8-5-17(16)24(13)12-14-6-9-23(10-7-14)18(25)4-3-15(20)19(26)27-2;;/h5,8,11,14-15H,3-4,6-7,9-10,12,20H2,1-2H3;2*1H/t15-;;/m0../s1. The normalized spacial score (nSPS) is 15.3. The number of hydrogen-bond acceptors (Lipinski definition) is 6. The second-order valence-corrected chi connectivity index (χ2v) is 7.13. The Balaban J connectivity index is 0.00000210. The van der Waals surface area contributed by atoms with Crippen molar-refractivity contribution in [3.05, 3.63) is 24.3 Å². The second-order valence-electron chi connectivity index (χ2n) is 7.13. The molecule has 0 spiro atoms. The Bertz CT molecular complexity index is 821. The highest BCUT2D eigenvalue weighted by atomic mass is 35.5. The van der Waals surface area contributed by atoms with Crippen LogP contribution in [0.25, 0.3) is 11.0 Å². The first-order valence-corrected chi connectivity index (χ1v) is 9.37. The molecule has 2 aromatic rings. The molecular formula is C19H29Cl2N5O3. The summed E-state index contributed by atoms with van der Waals surface area (Å²) in [5.41, 5.74) is 7.73. The highest BCUT2D eigenvalue weighted by Gasteiger charge is 2.25. The van der Waals surface area contributed by atoms with E-state index < -0.39 is 12.0 Å². The zero-order chi connectivity index (χ0) is 19.4. The van der Waals surface area contributed by atoms with Crippen LogP contribution in [0.15, 0.2) is 18.5 Å². The van der Waals surface area contributed by atoms with Crippen LogP contribution in [0.5, 0.6) is 0 Å². The number of rotatable bonds is 6. The van der Waals surface area contributed by atoms with Gasteiger partial charge in [-0.1, -0.05) is 0 Å². The van der Waals surface area contributed by atoms with Gasteiger partial charge < -0.3 is 19.9 Å². The van der Waals surface area contributed by atoms with Crippen LogP contribution < -0.4 is 5.73 Å². The van der Waals surface area contributed by atoms with Crippen molar-refractivity contribution < 1.29 is 14.3 Å². The summed E-state index contributed by atoms with van der Waals surface area (Å²) in [5, 5.41) is 0. The largest absolute Gasteiger partial charge is 0.468 e. The first-order valence-electron chi connectivity index (χ1n) is 9.37. The molecule has 2 aromatic heterocycles. The molecule has 1 saturated heterocycles. The lowest BCUT2D eigenvalue weighted by Crippen LogP contribution is -2.40. The number of aromatic nitrogens is 3. The van der Waals surface area contributed by atoms with E-state index in [1.807, 2.05) is 17.9 Å². The van der Waals surface area contributed by atoms with Gasteiger partial charge in [0.05, 0.1) is 18.8 Å². The Morgan fingerprint density at radius 3 is 2.66 bits per heavy atom. The van der Waals surface area contributed by atoms with Gasteiger partial charge in [-0.05, 0) is 38.2 Å². The summed E-state index contributed by atoms with van der Waals surface area (Å²) in [4.78, 5) is 34.3. The van der Waals surface area contributed by atoms with Crippen LogP contribution >= 0.6 is 24.8 Å². The summed E-state index contributed by atoms with van der Waals surface area (Å²) in [6.45, 7) is 4.40. The average molecular weight is 446 g/mol. The number of fused-ring (bicyclic) bond motifs is 1. The molecule has 3 heterocycles. The first kappa shape index (κ1) is 25.1. The highest BCUT2D eigenvalue weighted by Crippen LogP contribution is 2.23. The van der Waals surface area contributed by atoms with Crippen LogP contribution in [0.2, 0.25) is 0 Å². The van der Waals surface area contributed by atoms with E-state index in [0.29, 0.717) is 12.3 Å². The van der Waals surface area contributed by atoms with Gasteiger partial charge in [0.1, 0.15) is 17.4 Å². The summed E-state index contributed by atoms with van der Waals surface area (Å²) in [5.74, 6) is 1.09. The number of carbonyl (C=O) groups is 2. The van der Waals surface area contributed by atoms with E-state index in [9.17, 15) is 9.59 Å². The number of methoxy groups -OCH3 is 1. The molecule has 10 heteroatoms. The molecule has 8 nitrogen and oxygen atoms in total. The topological polar surface area (TPSA) is 103 Å². The van der Waals surface area contributed by atoms with Crippen LogP contribution in [0.1, 0.15) is 31.5 Å². The van der Waals surface area contributed by atoms with Crippen LogP contribution in [0, 0.1) is 12.8 Å². The fraction of sp³-hybridized carbons (Fsp3) is 0.579. The lowest BCUT2D eigenvalue weighted by molar-refractivity contribution is -0.142. The quantitative estimate of drug-likeness (QED) is 0.682. The fourth-order valence-electron chi connectivity index (χ4n) is 3.66. The fourth-order valence-corrected chi connectivity index (χ4v) is 3.66. The van der Waals surface area contributed by atoms with Gasteiger partial charge in [0.15, 0.2) is 0 Å². The Labute approximate surface area is 183 Å². The van der Waals surface area contributed by atoms with Crippen molar-refractivity contribution in [2.45, 2.75) is 45.2 Å². The lowest BCUT2D eigenvalue weighted by atomic mass is 9.96. The zero-order valence-corrected chi connectivity index (χ0v) is 18.4. The maximum Gasteiger partial charge on any atom is 0.322 e. The second kappa shape index (κ2) is 11.3. The smallest absolute Gasteiger partial charge is 0.322 e. The number of pyridine rings is 1. The summed E-state index contributed by atoms with van der Waals surface area (Å²) in [6.07, 6.45) is 6.09. The SMILES string of the molecule is COC(=O)[C@@H](N)CCC(=O)N1CCC(Cn2c(C)nc3cnccc32)CC1.Cl.Cl. The molecular weight excluding hydrogens is 417 g/mol. The van der Waals surface area contributed by atoms with Crippen molar-refractivity contribution >= 4 is 47.7 Å². The third-order valence-corrected chi connectivity index (χ3v) is 5.32. The van der Waals surface area contributed by atoms with E-state index in [-0.39, 0.29) is 37.1 Å². The maximum absolute atomic E-state index is 12.4. The molecule has 1 amide bonds. The van der Waals surface area contributed by atoms with Gasteiger partial charge in [-0.15, -0.1) is 24.8 Å². The van der Waals surface area contributed by atoms with E-state index in [1.165, 1.54) is 7.11 Å². The van der Waals surface area contributed by atoms with Gasteiger partial charge in [-0.3, -0.25) is 14.6 Å². The Kier molecular flexibility index (Phi) is 9.82. The monoisotopic (exact) mass is 445 g/mol. The van der Waals surface area contributed by atoms with Crippen LogP contribution in [0.4, 0.5) is 0 Å². The number of ether oxygens (including phenoxy) is 1. The molecule has 1 fully saturated rings. The van der Waals surface area contributed by atoms with E-state index >= 15 is 0 Å². The lowest BCUT2D eigenvalue weighted by Gasteiger charge is -2.32. The number of amides is 1. The van der Waals surface area contributed by atoms with Crippen molar-refractivity contribution in [3.63, 3.8) is 0 Å². The number of imidazole rings is 1. The molecule has 0 saturated carbocycles. The molecule has 0 aromatic carbocycles. The molecule has 0 unspecified atom stereocenters. The number of carbonyl (C=O) groups excluding carboxylic acids is 2. The summed E-state index contributed by atoms with van der Waals surface area (Å²) in [7, 11) is 1.30. The number of likely N-dealkylation sites (tertiary alicyclic amines) is 1. The Hall–Kier alpha value is -1.90. The van der Waals surface area contributed by atoms with Gasteiger partial charge in [0.25, 0.3) is 0 Å². The van der Waals surface area contributed by atoms with E-state index in [4.69, 9.17) is 5.73 Å². The van der Waals surface area contributed by atoms with Gasteiger partial charge in [-0.2, -0.15) is 0 Å². The Morgan fingerprint density at radius 2 is 2.00 bits per heavy atom. The summed E-state index contributed by atoms with van der Waals surface area (Å²) < 4.78 is 6.84. The zero-order valence-electron chi connectivity index (χ0n) is 16.7. The number of piperidine rings is 1. The van der Waals surface area contributed by atoms with Crippen molar-refractivity contribution in [2.24, 2.45) is 11.7 Å². The summed E-state index contributed by atoms with van der Waals surface area (Å²) >= 11 is 0. The van der Waals surface area contributed by atoms with Crippen LogP contribution in [-0.2, 0) is 20.9 Å². The number of esters is 1. The van der Waals surface area contributed by atoms with Crippen LogP contribution in [0.3, 0.4) is 0 Å². The maximum atomic E-state index is 12.4. The van der Waals surface area contributed by atoms with E-state index in [2.05, 4.69) is 19.3 Å². The van der Waals surface area contributed by atoms with E-state index in [0.717, 1.165) is 49.3 Å². The highest BCUT2D eigenvalue weighted by molar-refractivity contribution is 5.85. The predicted octanol–water partition coefficient (Wildman–Crippen LogP) is 2.10. The third-order valence-electron chi connectivity index (χ3n) is 5.32. The minimum atomic E-state index is -0.733. The van der Waals surface area contributed by atoms with Crippen molar-refractivity contribution in [1.82, 2.24) is 19.4 Å². The predicted molar refractivity (Wildman–Crippen MR) is 115 cm³/mol. The van der Waals surface area contributed by atoms with E-state index in [1.54, 1.807) is 12.4 Å². The summed E-state index contributed by atoms with van der Waals surface area (Å²) in [6, 6.07) is 1.27. The number of nitrogens with zero attached hydrogens (tertiary/aromatic N) is 4.